The second kappa shape index (κ2) is 5.66. The summed E-state index contributed by atoms with van der Waals surface area (Å²) in [7, 11) is 0. The van der Waals surface area contributed by atoms with E-state index in [9.17, 15) is 4.39 Å². The van der Waals surface area contributed by atoms with Crippen molar-refractivity contribution in [3.05, 3.63) is 35.2 Å². The maximum atomic E-state index is 13.1. The lowest BCUT2D eigenvalue weighted by Crippen LogP contribution is -2.26. The molecule has 0 fully saturated rings. The van der Waals surface area contributed by atoms with Gasteiger partial charge >= 0.3 is 0 Å². The molecule has 0 aromatic heterocycles. The van der Waals surface area contributed by atoms with Crippen molar-refractivity contribution in [3.63, 3.8) is 0 Å². The van der Waals surface area contributed by atoms with Gasteiger partial charge in [-0.25, -0.2) is 4.39 Å². The van der Waals surface area contributed by atoms with E-state index in [1.807, 2.05) is 19.9 Å². The highest BCUT2D eigenvalue weighted by Crippen LogP contribution is 2.18. The van der Waals surface area contributed by atoms with Crippen molar-refractivity contribution in [2.45, 2.75) is 26.8 Å². The highest BCUT2D eigenvalue weighted by molar-refractivity contribution is 5.54. The zero-order valence-electron chi connectivity index (χ0n) is 9.92. The summed E-state index contributed by atoms with van der Waals surface area (Å²) in [5.41, 5.74) is 1.89. The first kappa shape index (κ1) is 12.7. The molecule has 0 saturated carbocycles. The molecule has 0 radical (unpaired) electrons. The summed E-state index contributed by atoms with van der Waals surface area (Å²) in [5.74, 6) is -0.896. The van der Waals surface area contributed by atoms with Crippen molar-refractivity contribution < 1.29 is 9.50 Å². The normalized spacial score (nSPS) is 13.9. The van der Waals surface area contributed by atoms with Gasteiger partial charge in [0.15, 0.2) is 11.6 Å². The standard InChI is InChI=1S/C13H18FNO/c1-4-15-10(3)9(2)7-11-5-6-13(16)12(14)8-11/h5-8,10,15-16H,4H2,1-3H3/b9-7+. The van der Waals surface area contributed by atoms with Crippen LogP contribution in [-0.2, 0) is 0 Å². The molecule has 2 N–H and O–H groups in total. The Morgan fingerprint density at radius 3 is 2.81 bits per heavy atom. The van der Waals surface area contributed by atoms with Crippen LogP contribution in [-0.4, -0.2) is 17.7 Å². The van der Waals surface area contributed by atoms with E-state index in [-0.39, 0.29) is 11.8 Å². The van der Waals surface area contributed by atoms with Gasteiger partial charge < -0.3 is 10.4 Å². The van der Waals surface area contributed by atoms with E-state index in [0.717, 1.165) is 17.7 Å². The van der Waals surface area contributed by atoms with Gasteiger partial charge in [0.05, 0.1) is 0 Å². The molecular weight excluding hydrogens is 205 g/mol. The number of hydrogen-bond donors (Lipinski definition) is 2. The topological polar surface area (TPSA) is 32.3 Å². The molecule has 2 nitrogen and oxygen atoms in total. The summed E-state index contributed by atoms with van der Waals surface area (Å²) >= 11 is 0. The third kappa shape index (κ3) is 3.35. The molecule has 0 aliphatic carbocycles. The van der Waals surface area contributed by atoms with E-state index in [0.29, 0.717) is 0 Å². The molecule has 0 bridgehead atoms. The predicted octanol–water partition coefficient (Wildman–Crippen LogP) is 2.93. The monoisotopic (exact) mass is 223 g/mol. The van der Waals surface area contributed by atoms with Crippen molar-refractivity contribution >= 4 is 6.08 Å². The van der Waals surface area contributed by atoms with Crippen LogP contribution in [0.25, 0.3) is 6.08 Å². The molecule has 0 aliphatic rings. The molecule has 3 heteroatoms. The Hall–Kier alpha value is -1.35. The van der Waals surface area contributed by atoms with Crippen LogP contribution in [0.2, 0.25) is 0 Å². The lowest BCUT2D eigenvalue weighted by molar-refractivity contribution is 0.432. The average Bonchev–Trinajstić information content (AvgIpc) is 2.24. The van der Waals surface area contributed by atoms with E-state index in [2.05, 4.69) is 12.2 Å². The number of aromatic hydroxyl groups is 1. The molecule has 1 atom stereocenters. The number of phenolic OH excluding ortho intramolecular Hbond substituents is 1. The third-order valence-corrected chi connectivity index (χ3v) is 2.56. The van der Waals surface area contributed by atoms with Gasteiger partial charge in [-0.05, 0) is 38.1 Å². The van der Waals surface area contributed by atoms with Crippen molar-refractivity contribution in [1.29, 1.82) is 0 Å². The molecule has 0 aliphatic heterocycles. The third-order valence-electron chi connectivity index (χ3n) is 2.56. The van der Waals surface area contributed by atoms with Gasteiger partial charge in [-0.1, -0.05) is 24.6 Å². The van der Waals surface area contributed by atoms with Crippen LogP contribution in [0.15, 0.2) is 23.8 Å². The first-order valence-electron chi connectivity index (χ1n) is 5.44. The van der Waals surface area contributed by atoms with Crippen LogP contribution in [0.4, 0.5) is 4.39 Å². The van der Waals surface area contributed by atoms with Crippen LogP contribution in [0.1, 0.15) is 26.3 Å². The maximum absolute atomic E-state index is 13.1. The first-order chi connectivity index (χ1) is 7.54. The van der Waals surface area contributed by atoms with Crippen LogP contribution in [0, 0.1) is 5.82 Å². The van der Waals surface area contributed by atoms with Crippen LogP contribution >= 0.6 is 0 Å². The van der Waals surface area contributed by atoms with E-state index >= 15 is 0 Å². The van der Waals surface area contributed by atoms with E-state index < -0.39 is 5.82 Å². The smallest absolute Gasteiger partial charge is 0.165 e. The first-order valence-corrected chi connectivity index (χ1v) is 5.44. The quantitative estimate of drug-likeness (QED) is 0.822. The molecule has 1 unspecified atom stereocenters. The highest BCUT2D eigenvalue weighted by atomic mass is 19.1. The Morgan fingerprint density at radius 2 is 2.25 bits per heavy atom. The number of hydrogen-bond acceptors (Lipinski definition) is 2. The second-order valence-electron chi connectivity index (χ2n) is 3.88. The molecule has 1 aromatic carbocycles. The van der Waals surface area contributed by atoms with Gasteiger partial charge in [0.2, 0.25) is 0 Å². The summed E-state index contributed by atoms with van der Waals surface area (Å²) in [6.07, 6.45) is 1.91. The number of phenols is 1. The fourth-order valence-corrected chi connectivity index (χ4v) is 1.47. The summed E-state index contributed by atoms with van der Waals surface area (Å²) in [4.78, 5) is 0. The fraction of sp³-hybridized carbons (Fsp3) is 0.385. The maximum Gasteiger partial charge on any atom is 0.165 e. The van der Waals surface area contributed by atoms with Crippen LogP contribution in [0.3, 0.4) is 0 Å². The second-order valence-corrected chi connectivity index (χ2v) is 3.88. The number of benzene rings is 1. The predicted molar refractivity (Wildman–Crippen MR) is 64.9 cm³/mol. The summed E-state index contributed by atoms with van der Waals surface area (Å²) in [6.45, 7) is 7.00. The van der Waals surface area contributed by atoms with E-state index in [1.165, 1.54) is 12.1 Å². The largest absolute Gasteiger partial charge is 0.505 e. The number of likely N-dealkylation sites (N-methyl/N-ethyl adjacent to an activating group) is 1. The van der Waals surface area contributed by atoms with Crippen molar-refractivity contribution in [2.24, 2.45) is 0 Å². The van der Waals surface area contributed by atoms with Gasteiger partial charge in [0.25, 0.3) is 0 Å². The van der Waals surface area contributed by atoms with E-state index in [4.69, 9.17) is 5.11 Å². The minimum atomic E-state index is -0.586. The summed E-state index contributed by atoms with van der Waals surface area (Å²) in [5, 5.41) is 12.3. The summed E-state index contributed by atoms with van der Waals surface area (Å²) < 4.78 is 13.1. The molecule has 88 valence electrons. The minimum Gasteiger partial charge on any atom is -0.505 e. The Kier molecular flexibility index (Phi) is 4.50. The number of nitrogens with one attached hydrogen (secondary N) is 1. The minimum absolute atomic E-state index is 0.266. The van der Waals surface area contributed by atoms with Crippen molar-refractivity contribution in [2.75, 3.05) is 6.54 Å². The van der Waals surface area contributed by atoms with Crippen LogP contribution < -0.4 is 5.32 Å². The lowest BCUT2D eigenvalue weighted by Gasteiger charge is -2.13. The van der Waals surface area contributed by atoms with E-state index in [1.54, 1.807) is 6.07 Å². The van der Waals surface area contributed by atoms with Crippen LogP contribution in [0.5, 0.6) is 5.75 Å². The molecule has 1 aromatic rings. The zero-order valence-corrected chi connectivity index (χ0v) is 9.92. The van der Waals surface area contributed by atoms with Gasteiger partial charge in [-0.3, -0.25) is 0 Å². The molecule has 0 saturated heterocycles. The number of halogens is 1. The molecular formula is C13H18FNO. The summed E-state index contributed by atoms with van der Waals surface area (Å²) in [6, 6.07) is 4.66. The highest BCUT2D eigenvalue weighted by Gasteiger charge is 2.03. The average molecular weight is 223 g/mol. The molecule has 0 spiro atoms. The fourth-order valence-electron chi connectivity index (χ4n) is 1.47. The van der Waals surface area contributed by atoms with Gasteiger partial charge in [0, 0.05) is 6.04 Å². The number of rotatable bonds is 4. The Labute approximate surface area is 95.8 Å². The zero-order chi connectivity index (χ0) is 12.1. The van der Waals surface area contributed by atoms with Gasteiger partial charge in [-0.2, -0.15) is 0 Å². The van der Waals surface area contributed by atoms with Crippen molar-refractivity contribution in [1.82, 2.24) is 5.32 Å². The SMILES string of the molecule is CCNC(C)/C(C)=C/c1ccc(O)c(F)c1. The molecule has 16 heavy (non-hydrogen) atoms. The molecule has 0 amide bonds. The molecule has 0 heterocycles. The van der Waals surface area contributed by atoms with Gasteiger partial charge in [-0.15, -0.1) is 0 Å². The Morgan fingerprint density at radius 1 is 1.56 bits per heavy atom. The Bertz CT molecular complexity index is 388. The lowest BCUT2D eigenvalue weighted by atomic mass is 10.1. The van der Waals surface area contributed by atoms with Gasteiger partial charge in [0.1, 0.15) is 0 Å². The molecule has 1 rings (SSSR count). The van der Waals surface area contributed by atoms with Crippen molar-refractivity contribution in [3.8, 4) is 5.75 Å². The Balaban J connectivity index is 2.85.